The Kier molecular flexibility index (Phi) is 8.15. The SMILES string of the molecule is CO/N=C(/C(=O)N[C@@H]1C(=O)N2C(C(=O)OCOC(=O)C(C)(C)C)=C(C3CCC(=O)O3)CS[C@H]12)c1csc(N)n1. The van der Waals surface area contributed by atoms with Crippen molar-refractivity contribution in [3.05, 3.63) is 22.3 Å². The number of nitrogen functional groups attached to an aromatic ring is 1. The number of hydrogen-bond donors (Lipinski definition) is 2. The Labute approximate surface area is 231 Å². The highest BCUT2D eigenvalue weighted by Crippen LogP contribution is 2.43. The number of aromatic nitrogens is 1. The van der Waals surface area contributed by atoms with Crippen molar-refractivity contribution in [1.29, 1.82) is 0 Å². The lowest BCUT2D eigenvalue weighted by Gasteiger charge is -2.50. The van der Waals surface area contributed by atoms with Gasteiger partial charge < -0.3 is 30.1 Å². The van der Waals surface area contributed by atoms with Crippen LogP contribution in [0.4, 0.5) is 5.13 Å². The summed E-state index contributed by atoms with van der Waals surface area (Å²) in [6.45, 7) is 4.28. The van der Waals surface area contributed by atoms with Gasteiger partial charge >= 0.3 is 17.9 Å². The molecule has 0 spiro atoms. The van der Waals surface area contributed by atoms with Crippen LogP contribution in [0, 0.1) is 5.41 Å². The van der Waals surface area contributed by atoms with E-state index in [2.05, 4.69) is 15.5 Å². The van der Waals surface area contributed by atoms with Gasteiger partial charge in [-0.2, -0.15) is 0 Å². The molecule has 39 heavy (non-hydrogen) atoms. The van der Waals surface area contributed by atoms with Gasteiger partial charge in [-0.25, -0.2) is 9.78 Å². The lowest BCUT2D eigenvalue weighted by atomic mass is 9.98. The topological polar surface area (TPSA) is 189 Å². The molecule has 2 fully saturated rings. The Morgan fingerprint density at radius 1 is 1.28 bits per heavy atom. The summed E-state index contributed by atoms with van der Waals surface area (Å²) < 4.78 is 15.6. The van der Waals surface area contributed by atoms with E-state index in [1.807, 2.05) is 0 Å². The normalized spacial score (nSPS) is 23.0. The van der Waals surface area contributed by atoms with Crippen LogP contribution in [0.5, 0.6) is 0 Å². The van der Waals surface area contributed by atoms with E-state index in [1.54, 1.807) is 20.8 Å². The fourth-order valence-corrected chi connectivity index (χ4v) is 5.93. The molecule has 0 aliphatic carbocycles. The third-order valence-electron chi connectivity index (χ3n) is 5.91. The smallest absolute Gasteiger partial charge is 0.358 e. The number of nitrogens with two attached hydrogens (primary N) is 1. The van der Waals surface area contributed by atoms with Crippen LogP contribution in [0.25, 0.3) is 0 Å². The summed E-state index contributed by atoms with van der Waals surface area (Å²) in [5, 5.41) is 7.41. The van der Waals surface area contributed by atoms with Gasteiger partial charge in [-0.1, -0.05) is 5.16 Å². The molecule has 0 saturated carbocycles. The van der Waals surface area contributed by atoms with Crippen molar-refractivity contribution in [2.75, 3.05) is 25.4 Å². The van der Waals surface area contributed by atoms with Crippen LogP contribution in [-0.4, -0.2) is 82.5 Å². The second-order valence-corrected chi connectivity index (χ2v) is 11.7. The first-order valence-corrected chi connectivity index (χ1v) is 13.7. The number of esters is 3. The standard InChI is InChI=1S/C23H27N5O9S2/c1-23(2,3)21(33)36-9-35-20(32)16-10(12-5-6-13(29)37-12)7-38-19-15(18(31)28(16)19)26-17(30)14(27-34-4)11-8-39-22(24)25-11/h8,12,15,19H,5-7,9H2,1-4H3,(H2,24,25)(H,26,30)/b27-14+/t12?,15-,19-/m1/s1. The summed E-state index contributed by atoms with van der Waals surface area (Å²) in [5.74, 6) is -3.00. The maximum Gasteiger partial charge on any atom is 0.358 e. The molecule has 210 valence electrons. The van der Waals surface area contributed by atoms with E-state index in [4.69, 9.17) is 24.8 Å². The van der Waals surface area contributed by atoms with Gasteiger partial charge in [0.15, 0.2) is 10.8 Å². The summed E-state index contributed by atoms with van der Waals surface area (Å²) in [5.41, 5.74) is 5.16. The number of cyclic esters (lactones) is 1. The van der Waals surface area contributed by atoms with Crippen molar-refractivity contribution < 1.29 is 43.0 Å². The third kappa shape index (κ3) is 5.85. The minimum Gasteiger partial charge on any atom is -0.458 e. The van der Waals surface area contributed by atoms with Gasteiger partial charge in [0.25, 0.3) is 11.8 Å². The van der Waals surface area contributed by atoms with Crippen molar-refractivity contribution in [2.45, 2.75) is 51.1 Å². The van der Waals surface area contributed by atoms with E-state index < -0.39 is 59.4 Å². The first-order chi connectivity index (χ1) is 18.4. The van der Waals surface area contributed by atoms with Gasteiger partial charge in [-0.3, -0.25) is 24.1 Å². The summed E-state index contributed by atoms with van der Waals surface area (Å²) in [6, 6.07) is -1.00. The average molecular weight is 582 g/mol. The maximum absolute atomic E-state index is 13.3. The van der Waals surface area contributed by atoms with Crippen LogP contribution in [0.15, 0.2) is 21.8 Å². The minimum atomic E-state index is -1.00. The Morgan fingerprint density at radius 2 is 2.03 bits per heavy atom. The molecule has 4 heterocycles. The largest absolute Gasteiger partial charge is 0.458 e. The van der Waals surface area contributed by atoms with Crippen molar-refractivity contribution >= 4 is 63.7 Å². The highest BCUT2D eigenvalue weighted by Gasteiger charge is 2.56. The number of carbonyl (C=O) groups excluding carboxylic acids is 5. The van der Waals surface area contributed by atoms with E-state index in [-0.39, 0.29) is 34.4 Å². The fraction of sp³-hybridized carbons (Fsp3) is 0.522. The summed E-state index contributed by atoms with van der Waals surface area (Å²) in [7, 11) is 1.26. The third-order valence-corrected chi connectivity index (χ3v) is 7.88. The number of rotatable bonds is 8. The van der Waals surface area contributed by atoms with Crippen LogP contribution < -0.4 is 11.1 Å². The van der Waals surface area contributed by atoms with E-state index in [0.29, 0.717) is 12.0 Å². The summed E-state index contributed by atoms with van der Waals surface area (Å²) in [4.78, 5) is 73.2. The molecule has 2 amide bonds. The van der Waals surface area contributed by atoms with Gasteiger partial charge in [0.2, 0.25) is 6.79 Å². The molecule has 14 nitrogen and oxygen atoms in total. The summed E-state index contributed by atoms with van der Waals surface area (Å²) in [6.07, 6.45) is -0.198. The molecule has 0 radical (unpaired) electrons. The quantitative estimate of drug-likeness (QED) is 0.143. The van der Waals surface area contributed by atoms with Crippen molar-refractivity contribution in [3.63, 3.8) is 0 Å². The number of amides is 2. The minimum absolute atomic E-state index is 0.0983. The van der Waals surface area contributed by atoms with E-state index in [9.17, 15) is 24.0 Å². The number of carbonyl (C=O) groups is 5. The number of hydrogen-bond acceptors (Lipinski definition) is 14. The number of ether oxygens (including phenoxy) is 3. The predicted octanol–water partition coefficient (Wildman–Crippen LogP) is 0.525. The van der Waals surface area contributed by atoms with Crippen LogP contribution in [0.3, 0.4) is 0 Å². The molecule has 1 aromatic heterocycles. The van der Waals surface area contributed by atoms with E-state index >= 15 is 0 Å². The summed E-state index contributed by atoms with van der Waals surface area (Å²) >= 11 is 2.39. The van der Waals surface area contributed by atoms with E-state index in [0.717, 1.165) is 11.3 Å². The Morgan fingerprint density at radius 3 is 2.62 bits per heavy atom. The lowest BCUT2D eigenvalue weighted by Crippen LogP contribution is -2.71. The number of thiazole rings is 1. The van der Waals surface area contributed by atoms with Crippen LogP contribution in [0.1, 0.15) is 39.3 Å². The Balaban J connectivity index is 1.52. The van der Waals surface area contributed by atoms with E-state index in [1.165, 1.54) is 29.2 Å². The van der Waals surface area contributed by atoms with Gasteiger partial charge in [-0.15, -0.1) is 23.1 Å². The van der Waals surface area contributed by atoms with Crippen LogP contribution in [-0.2, 0) is 43.0 Å². The highest BCUT2D eigenvalue weighted by atomic mass is 32.2. The molecule has 0 bridgehead atoms. The molecule has 3 N–H and O–H groups in total. The molecule has 1 unspecified atom stereocenters. The lowest BCUT2D eigenvalue weighted by molar-refractivity contribution is -0.173. The number of anilines is 1. The molecule has 3 atom stereocenters. The molecule has 1 aromatic rings. The van der Waals surface area contributed by atoms with Crippen LogP contribution in [0.2, 0.25) is 0 Å². The van der Waals surface area contributed by atoms with Gasteiger partial charge in [-0.05, 0) is 27.2 Å². The molecule has 16 heteroatoms. The number of β-lactam (4-membered cyclic amide) rings is 1. The predicted molar refractivity (Wildman–Crippen MR) is 138 cm³/mol. The first-order valence-electron chi connectivity index (χ1n) is 11.8. The van der Waals surface area contributed by atoms with Crippen LogP contribution >= 0.6 is 23.1 Å². The van der Waals surface area contributed by atoms with Gasteiger partial charge in [0.05, 0.1) is 5.41 Å². The zero-order valence-corrected chi connectivity index (χ0v) is 23.2. The first kappa shape index (κ1) is 28.4. The van der Waals surface area contributed by atoms with Gasteiger partial charge in [0, 0.05) is 23.1 Å². The average Bonchev–Trinajstić information content (AvgIpc) is 3.51. The molecule has 2 saturated heterocycles. The Bertz CT molecular complexity index is 1270. The molecular formula is C23H27N5O9S2. The number of fused-ring (bicyclic) bond motifs is 1. The molecule has 0 aromatic carbocycles. The van der Waals surface area contributed by atoms with Crippen molar-refractivity contribution in [3.8, 4) is 0 Å². The second kappa shape index (κ2) is 11.2. The number of nitrogens with zero attached hydrogens (tertiary/aromatic N) is 3. The monoisotopic (exact) mass is 581 g/mol. The molecule has 4 rings (SSSR count). The zero-order chi connectivity index (χ0) is 28.5. The fourth-order valence-electron chi connectivity index (χ4n) is 3.97. The molecular weight excluding hydrogens is 554 g/mol. The second-order valence-electron chi connectivity index (χ2n) is 9.68. The van der Waals surface area contributed by atoms with Crippen molar-refractivity contribution in [1.82, 2.24) is 15.2 Å². The highest BCUT2D eigenvalue weighted by molar-refractivity contribution is 8.00. The molecule has 3 aliphatic heterocycles. The van der Waals surface area contributed by atoms with Crippen molar-refractivity contribution in [2.24, 2.45) is 10.6 Å². The number of nitrogens with one attached hydrogen (secondary N) is 1. The maximum atomic E-state index is 13.3. The Hall–Kier alpha value is -3.66. The zero-order valence-electron chi connectivity index (χ0n) is 21.5. The molecule has 3 aliphatic rings. The van der Waals surface area contributed by atoms with Gasteiger partial charge in [0.1, 0.15) is 36.0 Å². The number of thioether (sulfide) groups is 1. The number of oxime groups is 1.